The Hall–Kier alpha value is -5.49. The number of rotatable bonds is 19. The Morgan fingerprint density at radius 3 is 0.948 bits per heavy atom. The van der Waals surface area contributed by atoms with Crippen molar-refractivity contribution in [2.75, 3.05) is 0 Å². The van der Waals surface area contributed by atoms with Crippen molar-refractivity contribution in [3.05, 3.63) is 161 Å². The van der Waals surface area contributed by atoms with Gasteiger partial charge in [0, 0.05) is 19.6 Å². The van der Waals surface area contributed by atoms with Gasteiger partial charge in [0.2, 0.25) is 0 Å². The normalized spacial score (nSPS) is 11.0. The minimum Gasteiger partial charge on any atom is -0.457 e. The number of nitrogens with two attached hydrogens (primary N) is 3. The average molecular weight is 783 g/mol. The number of ether oxygens (including phenoxy) is 3. The summed E-state index contributed by atoms with van der Waals surface area (Å²) in [6.45, 7) is -0.275. The van der Waals surface area contributed by atoms with Gasteiger partial charge in [-0.25, -0.2) is 0 Å². The third-order valence-corrected chi connectivity index (χ3v) is 9.34. The van der Waals surface area contributed by atoms with E-state index < -0.39 is 41.2 Å². The molecule has 58 heavy (non-hydrogen) atoms. The molecule has 16 heteroatoms. The standard InChI is InChI=1S/C42H44B3N3O10/c46-22-28-1-10-34(11-2-28)54-37-16-7-31(25-49)40(19-37)43(52)57-45(42-21-39(18-9-33(42)27-51)56-36-14-5-30(24-48)6-15-36)58-44(53)41-20-38(17-8-32(41)26-50)55-35-12-3-29(23-47)4-13-35/h1-21,49-53H,22-27,46-48H2. The summed E-state index contributed by atoms with van der Waals surface area (Å²) in [4.78, 5) is 0. The lowest BCUT2D eigenvalue weighted by atomic mass is 9.65. The van der Waals surface area contributed by atoms with Crippen LogP contribution in [0.5, 0.6) is 34.5 Å². The molecule has 0 aromatic heterocycles. The van der Waals surface area contributed by atoms with Gasteiger partial charge in [0.25, 0.3) is 0 Å². The fourth-order valence-electron chi connectivity index (χ4n) is 6.07. The van der Waals surface area contributed by atoms with E-state index in [1.807, 2.05) is 36.4 Å². The maximum atomic E-state index is 11.7. The quantitative estimate of drug-likeness (QED) is 0.0554. The molecule has 0 aliphatic heterocycles. The fraction of sp³-hybridized carbons (Fsp3) is 0.143. The Morgan fingerprint density at radius 1 is 0.379 bits per heavy atom. The van der Waals surface area contributed by atoms with E-state index in [9.17, 15) is 25.4 Å². The summed E-state index contributed by atoms with van der Waals surface area (Å²) in [6, 6.07) is 35.8. The summed E-state index contributed by atoms with van der Waals surface area (Å²) in [5.41, 5.74) is 21.5. The van der Waals surface area contributed by atoms with Gasteiger partial charge < -0.3 is 65.9 Å². The van der Waals surface area contributed by atoms with E-state index in [-0.39, 0.29) is 16.4 Å². The lowest BCUT2D eigenvalue weighted by Crippen LogP contribution is -2.53. The summed E-state index contributed by atoms with van der Waals surface area (Å²) < 4.78 is 30.6. The van der Waals surface area contributed by atoms with Crippen LogP contribution in [0.4, 0.5) is 0 Å². The first-order chi connectivity index (χ1) is 28.2. The smallest absolute Gasteiger partial charge is 0.457 e. The number of benzene rings is 6. The lowest BCUT2D eigenvalue weighted by molar-refractivity contribution is 0.280. The third-order valence-electron chi connectivity index (χ3n) is 9.34. The van der Waals surface area contributed by atoms with E-state index in [4.69, 9.17) is 40.6 Å². The van der Waals surface area contributed by atoms with Crippen molar-refractivity contribution in [3.63, 3.8) is 0 Å². The van der Waals surface area contributed by atoms with Crippen LogP contribution in [-0.4, -0.2) is 46.7 Å². The molecule has 11 N–H and O–H groups in total. The van der Waals surface area contributed by atoms with Crippen molar-refractivity contribution in [3.8, 4) is 34.5 Å². The fourth-order valence-corrected chi connectivity index (χ4v) is 6.07. The molecule has 0 saturated carbocycles. The molecule has 0 saturated heterocycles. The van der Waals surface area contributed by atoms with E-state index >= 15 is 0 Å². The van der Waals surface area contributed by atoms with Crippen LogP contribution in [-0.2, 0) is 48.6 Å². The van der Waals surface area contributed by atoms with Crippen LogP contribution in [0.15, 0.2) is 127 Å². The van der Waals surface area contributed by atoms with Gasteiger partial charge in [-0.15, -0.1) is 0 Å². The van der Waals surface area contributed by atoms with Gasteiger partial charge in [-0.05, 0) is 123 Å². The van der Waals surface area contributed by atoms with Crippen molar-refractivity contribution in [2.45, 2.75) is 39.5 Å². The zero-order valence-corrected chi connectivity index (χ0v) is 31.6. The maximum absolute atomic E-state index is 11.7. The van der Waals surface area contributed by atoms with E-state index in [1.54, 1.807) is 78.9 Å². The Kier molecular flexibility index (Phi) is 14.7. The number of hydrogen-bond donors (Lipinski definition) is 8. The average Bonchev–Trinajstić information content (AvgIpc) is 3.26. The van der Waals surface area contributed by atoms with Crippen LogP contribution in [0.2, 0.25) is 0 Å². The molecule has 0 aliphatic carbocycles. The van der Waals surface area contributed by atoms with Crippen LogP contribution < -0.4 is 47.8 Å². The summed E-state index contributed by atoms with van der Waals surface area (Å²) in [7, 11) is -5.13. The number of hydrogen-bond acceptors (Lipinski definition) is 13. The lowest BCUT2D eigenvalue weighted by Gasteiger charge is -2.24. The third kappa shape index (κ3) is 10.7. The highest BCUT2D eigenvalue weighted by Gasteiger charge is 2.37. The molecule has 0 amide bonds. The predicted molar refractivity (Wildman–Crippen MR) is 223 cm³/mol. The number of aliphatic hydroxyl groups excluding tert-OH is 3. The second-order valence-corrected chi connectivity index (χ2v) is 13.2. The van der Waals surface area contributed by atoms with Crippen LogP contribution in [0.3, 0.4) is 0 Å². The monoisotopic (exact) mass is 783 g/mol. The minimum absolute atomic E-state index is 0.145. The molecule has 0 heterocycles. The second kappa shape index (κ2) is 20.3. The molecule has 0 bridgehead atoms. The van der Waals surface area contributed by atoms with Crippen molar-refractivity contribution in [1.29, 1.82) is 0 Å². The summed E-state index contributed by atoms with van der Waals surface area (Å²) in [5.74, 6) is 2.53. The minimum atomic E-state index is -1.77. The van der Waals surface area contributed by atoms with Crippen LogP contribution in [0.1, 0.15) is 33.4 Å². The van der Waals surface area contributed by atoms with Gasteiger partial charge in [-0.3, -0.25) is 0 Å². The van der Waals surface area contributed by atoms with E-state index in [0.29, 0.717) is 70.8 Å². The largest absolute Gasteiger partial charge is 0.478 e. The van der Waals surface area contributed by atoms with Crippen molar-refractivity contribution >= 4 is 37.7 Å². The zero-order valence-electron chi connectivity index (χ0n) is 31.6. The highest BCUT2D eigenvalue weighted by molar-refractivity contribution is 6.79. The Morgan fingerprint density at radius 2 is 0.655 bits per heavy atom. The molecule has 6 aromatic rings. The molecule has 13 nitrogen and oxygen atoms in total. The van der Waals surface area contributed by atoms with E-state index in [0.717, 1.165) is 16.7 Å². The highest BCUT2D eigenvalue weighted by Crippen LogP contribution is 2.25. The summed E-state index contributed by atoms with van der Waals surface area (Å²) in [5, 5.41) is 54.5. The summed E-state index contributed by atoms with van der Waals surface area (Å²) >= 11 is 0. The van der Waals surface area contributed by atoms with Gasteiger partial charge >= 0.3 is 21.4 Å². The Bertz CT molecular complexity index is 2140. The zero-order chi connectivity index (χ0) is 41.0. The Balaban J connectivity index is 1.35. The van der Waals surface area contributed by atoms with Gasteiger partial charge in [-0.1, -0.05) is 54.6 Å². The molecule has 6 rings (SSSR count). The van der Waals surface area contributed by atoms with Gasteiger partial charge in [-0.2, -0.15) is 0 Å². The first-order valence-electron chi connectivity index (χ1n) is 18.5. The van der Waals surface area contributed by atoms with E-state index in [1.165, 1.54) is 12.1 Å². The van der Waals surface area contributed by atoms with Gasteiger partial charge in [0.05, 0.1) is 19.8 Å². The Labute approximate surface area is 337 Å². The van der Waals surface area contributed by atoms with Crippen LogP contribution in [0, 0.1) is 0 Å². The van der Waals surface area contributed by atoms with Crippen molar-refractivity contribution in [2.24, 2.45) is 17.2 Å². The molecule has 0 fully saturated rings. The molecule has 0 aliphatic rings. The number of aliphatic hydroxyl groups is 3. The molecular weight excluding hydrogens is 739 g/mol. The van der Waals surface area contributed by atoms with Crippen LogP contribution >= 0.6 is 0 Å². The van der Waals surface area contributed by atoms with Crippen LogP contribution in [0.25, 0.3) is 0 Å². The topological polar surface area (TPSA) is 225 Å². The first kappa shape index (κ1) is 42.1. The molecule has 0 atom stereocenters. The van der Waals surface area contributed by atoms with E-state index in [2.05, 4.69) is 0 Å². The molecule has 0 radical (unpaired) electrons. The molecule has 0 unspecified atom stereocenters. The van der Waals surface area contributed by atoms with Crippen molar-refractivity contribution < 1.29 is 48.7 Å². The predicted octanol–water partition coefficient (Wildman–Crippen LogP) is 2.42. The van der Waals surface area contributed by atoms with Gasteiger partial charge in [0.1, 0.15) is 34.5 Å². The SMILES string of the molecule is NCc1ccc(Oc2ccc(CO)c(B(O)OB(OB(O)c3cc(Oc4ccc(CN)cc4)ccc3CO)c3cc(Oc4ccc(CN)cc4)ccc3CO)c2)cc1. The first-order valence-corrected chi connectivity index (χ1v) is 18.5. The second-order valence-electron chi connectivity index (χ2n) is 13.2. The summed E-state index contributed by atoms with van der Waals surface area (Å²) in [6.07, 6.45) is 0. The molecule has 0 spiro atoms. The van der Waals surface area contributed by atoms with Crippen molar-refractivity contribution in [1.82, 2.24) is 0 Å². The molecular formula is C42H44B3N3O10. The molecule has 6 aromatic carbocycles. The molecule has 296 valence electrons. The van der Waals surface area contributed by atoms with Gasteiger partial charge in [0.15, 0.2) is 0 Å². The highest BCUT2D eigenvalue weighted by atomic mass is 16.6. The maximum Gasteiger partial charge on any atom is 0.478 e.